The van der Waals surface area contributed by atoms with Gasteiger partial charge in [0.05, 0.1) is 6.61 Å². The van der Waals surface area contributed by atoms with Gasteiger partial charge in [0.1, 0.15) is 0 Å². The fraction of sp³-hybridized carbons (Fsp3) is 0.981. The van der Waals surface area contributed by atoms with Crippen molar-refractivity contribution in [2.75, 3.05) is 6.61 Å². The van der Waals surface area contributed by atoms with Crippen molar-refractivity contribution in [2.45, 2.75) is 322 Å². The number of carbonyl (C=O) groups is 1. The second-order valence-corrected chi connectivity index (χ2v) is 18.1. The van der Waals surface area contributed by atoms with Crippen LogP contribution >= 0.6 is 0 Å². The molecule has 0 unspecified atom stereocenters. The number of ether oxygens (including phenoxy) is 1. The first kappa shape index (κ1) is 54.3. The highest BCUT2D eigenvalue weighted by Gasteiger charge is 1.99. The van der Waals surface area contributed by atoms with E-state index in [4.69, 9.17) is 10.5 Å². The molecule has 0 atom stereocenters. The Bertz CT molecular complexity index is 681. The number of primary amides is 1. The lowest BCUT2D eigenvalue weighted by molar-refractivity contribution is 0.154. The lowest BCUT2D eigenvalue weighted by atomic mass is 10.0. The summed E-state index contributed by atoms with van der Waals surface area (Å²) in [6.45, 7) is 2.79. The Balaban J connectivity index is 3.06. The number of unbranched alkanes of at least 4 members (excludes halogenated alkanes) is 48. The predicted molar refractivity (Wildman–Crippen MR) is 247 cm³/mol. The number of hydrogen-bond donors (Lipinski definition) is 1. The van der Waals surface area contributed by atoms with E-state index in [1.54, 1.807) is 0 Å². The summed E-state index contributed by atoms with van der Waals surface area (Å²) >= 11 is 0. The van der Waals surface area contributed by atoms with Crippen LogP contribution in [-0.2, 0) is 4.74 Å². The van der Waals surface area contributed by atoms with Gasteiger partial charge in [-0.05, 0) is 6.42 Å². The summed E-state index contributed by atoms with van der Waals surface area (Å²) in [7, 11) is 0. The lowest BCUT2D eigenvalue weighted by Gasteiger charge is -2.05. The van der Waals surface area contributed by atoms with Gasteiger partial charge < -0.3 is 10.5 Å². The molecule has 0 saturated carbocycles. The van der Waals surface area contributed by atoms with Gasteiger partial charge in [0.25, 0.3) is 0 Å². The van der Waals surface area contributed by atoms with Crippen LogP contribution in [-0.4, -0.2) is 12.7 Å². The standard InChI is InChI=1S/C52H105NO2/c1-2-3-4-5-6-7-8-9-10-11-12-13-14-15-16-17-18-19-20-21-22-23-24-25-26-27-28-29-30-31-32-33-34-35-36-37-38-39-40-41-42-43-44-45-46-47-48-49-50-51-55-52(53)54/h2-51H2,1H3,(H2,53,54). The zero-order valence-corrected chi connectivity index (χ0v) is 38.2. The zero-order chi connectivity index (χ0) is 39.6. The first-order valence-corrected chi connectivity index (χ1v) is 26.2. The van der Waals surface area contributed by atoms with Crippen molar-refractivity contribution in [3.63, 3.8) is 0 Å². The number of carbonyl (C=O) groups excluding carboxylic acids is 1. The largest absolute Gasteiger partial charge is 0.450 e. The Morgan fingerprint density at radius 2 is 0.382 bits per heavy atom. The van der Waals surface area contributed by atoms with Crippen LogP contribution in [0.3, 0.4) is 0 Å². The number of hydrogen-bond acceptors (Lipinski definition) is 2. The molecule has 0 aromatic heterocycles. The minimum Gasteiger partial charge on any atom is -0.450 e. The lowest BCUT2D eigenvalue weighted by Crippen LogP contribution is -2.13. The summed E-state index contributed by atoms with van der Waals surface area (Å²) in [6, 6.07) is 0. The van der Waals surface area contributed by atoms with E-state index in [2.05, 4.69) is 6.92 Å². The topological polar surface area (TPSA) is 52.3 Å². The summed E-state index contributed by atoms with van der Waals surface area (Å²) in [5.41, 5.74) is 4.97. The highest BCUT2D eigenvalue weighted by Crippen LogP contribution is 2.18. The molecule has 0 aliphatic carbocycles. The van der Waals surface area contributed by atoms with E-state index < -0.39 is 6.09 Å². The maximum atomic E-state index is 10.5. The van der Waals surface area contributed by atoms with Crippen LogP contribution in [0.4, 0.5) is 4.79 Å². The molecule has 0 rings (SSSR count). The maximum absolute atomic E-state index is 10.5. The molecule has 3 nitrogen and oxygen atoms in total. The number of rotatable bonds is 50. The van der Waals surface area contributed by atoms with Gasteiger partial charge in [0.2, 0.25) is 0 Å². The van der Waals surface area contributed by atoms with Gasteiger partial charge in [-0.3, -0.25) is 0 Å². The second-order valence-electron chi connectivity index (χ2n) is 18.1. The molecule has 0 saturated heterocycles. The van der Waals surface area contributed by atoms with E-state index >= 15 is 0 Å². The molecule has 0 fully saturated rings. The minimum atomic E-state index is -0.646. The van der Waals surface area contributed by atoms with E-state index in [-0.39, 0.29) is 0 Å². The highest BCUT2D eigenvalue weighted by atomic mass is 16.5. The van der Waals surface area contributed by atoms with Crippen molar-refractivity contribution >= 4 is 6.09 Å². The van der Waals surface area contributed by atoms with Crippen molar-refractivity contribution in [3.8, 4) is 0 Å². The van der Waals surface area contributed by atoms with E-state index in [0.717, 1.165) is 12.8 Å². The van der Waals surface area contributed by atoms with Crippen LogP contribution in [0.25, 0.3) is 0 Å². The fourth-order valence-electron chi connectivity index (χ4n) is 8.66. The Morgan fingerprint density at radius 3 is 0.509 bits per heavy atom. The normalized spacial score (nSPS) is 11.5. The van der Waals surface area contributed by atoms with Crippen LogP contribution in [0, 0.1) is 0 Å². The highest BCUT2D eigenvalue weighted by molar-refractivity contribution is 5.64. The van der Waals surface area contributed by atoms with E-state index in [1.165, 1.54) is 302 Å². The van der Waals surface area contributed by atoms with Gasteiger partial charge in [-0.2, -0.15) is 0 Å². The minimum absolute atomic E-state index is 0.481. The van der Waals surface area contributed by atoms with E-state index in [1.807, 2.05) is 0 Å². The molecule has 0 heterocycles. The molecule has 55 heavy (non-hydrogen) atoms. The molecule has 0 aliphatic rings. The summed E-state index contributed by atoms with van der Waals surface area (Å²) in [5, 5.41) is 0. The summed E-state index contributed by atoms with van der Waals surface area (Å²) in [4.78, 5) is 10.5. The average Bonchev–Trinajstić information content (AvgIpc) is 3.18. The van der Waals surface area contributed by atoms with Crippen molar-refractivity contribution in [1.82, 2.24) is 0 Å². The van der Waals surface area contributed by atoms with E-state index in [0.29, 0.717) is 6.61 Å². The van der Waals surface area contributed by atoms with Crippen LogP contribution in [0.5, 0.6) is 0 Å². The first-order chi connectivity index (χ1) is 27.3. The van der Waals surface area contributed by atoms with Gasteiger partial charge in [0, 0.05) is 0 Å². The molecule has 0 bridgehead atoms. The third-order valence-corrected chi connectivity index (χ3v) is 12.5. The summed E-state index contributed by atoms with van der Waals surface area (Å²) < 4.78 is 4.77. The fourth-order valence-corrected chi connectivity index (χ4v) is 8.66. The smallest absolute Gasteiger partial charge is 0.404 e. The number of amides is 1. The quantitative estimate of drug-likeness (QED) is 0.0626. The Labute approximate surface area is 348 Å². The predicted octanol–water partition coefficient (Wildman–Crippen LogP) is 19.2. The Morgan fingerprint density at radius 1 is 0.255 bits per heavy atom. The Kier molecular flexibility index (Phi) is 50.6. The van der Waals surface area contributed by atoms with Gasteiger partial charge in [-0.1, -0.05) is 315 Å². The SMILES string of the molecule is CCCCCCCCCCCCCCCCCCCCCCCCCCCCCCCCCCCCCCCCCCCCCCCCCCCOC(N)=O. The van der Waals surface area contributed by atoms with Crippen LogP contribution in [0.2, 0.25) is 0 Å². The first-order valence-electron chi connectivity index (χ1n) is 26.2. The van der Waals surface area contributed by atoms with E-state index in [9.17, 15) is 4.79 Å². The second kappa shape index (κ2) is 51.3. The van der Waals surface area contributed by atoms with Crippen LogP contribution < -0.4 is 5.73 Å². The molecule has 2 N–H and O–H groups in total. The van der Waals surface area contributed by atoms with Crippen molar-refractivity contribution in [3.05, 3.63) is 0 Å². The maximum Gasteiger partial charge on any atom is 0.404 e. The molecule has 0 aromatic carbocycles. The third-order valence-electron chi connectivity index (χ3n) is 12.5. The molecular formula is C52H105NO2. The molecule has 3 heteroatoms. The van der Waals surface area contributed by atoms with Gasteiger partial charge >= 0.3 is 6.09 Å². The summed E-state index contributed by atoms with van der Waals surface area (Å²) in [6.07, 6.45) is 70.1. The third kappa shape index (κ3) is 53.3. The van der Waals surface area contributed by atoms with Gasteiger partial charge in [-0.15, -0.1) is 0 Å². The van der Waals surface area contributed by atoms with Crippen LogP contribution in [0.1, 0.15) is 322 Å². The zero-order valence-electron chi connectivity index (χ0n) is 38.2. The molecule has 330 valence electrons. The monoisotopic (exact) mass is 776 g/mol. The summed E-state index contributed by atoms with van der Waals surface area (Å²) in [5.74, 6) is 0. The van der Waals surface area contributed by atoms with Gasteiger partial charge in [-0.25, -0.2) is 4.79 Å². The number of nitrogens with two attached hydrogens (primary N) is 1. The van der Waals surface area contributed by atoms with Crippen LogP contribution in [0.15, 0.2) is 0 Å². The molecule has 1 amide bonds. The average molecular weight is 776 g/mol. The molecular weight excluding hydrogens is 671 g/mol. The molecule has 0 aliphatic heterocycles. The van der Waals surface area contributed by atoms with Crippen molar-refractivity contribution in [1.29, 1.82) is 0 Å². The molecule has 0 radical (unpaired) electrons. The van der Waals surface area contributed by atoms with Crippen molar-refractivity contribution < 1.29 is 9.53 Å². The van der Waals surface area contributed by atoms with Crippen molar-refractivity contribution in [2.24, 2.45) is 5.73 Å². The molecule has 0 aromatic rings. The van der Waals surface area contributed by atoms with Gasteiger partial charge in [0.15, 0.2) is 0 Å². The molecule has 0 spiro atoms. The Hall–Kier alpha value is -0.730.